The number of nitrogens with zero attached hydrogens (tertiary/aromatic N) is 1. The van der Waals surface area contributed by atoms with Gasteiger partial charge in [0.25, 0.3) is 5.91 Å². The summed E-state index contributed by atoms with van der Waals surface area (Å²) in [6.45, 7) is 0.168. The molecule has 0 aliphatic heterocycles. The fourth-order valence-corrected chi connectivity index (χ4v) is 2.73. The Balaban J connectivity index is 2.15. The molecule has 0 saturated heterocycles. The highest BCUT2D eigenvalue weighted by Crippen LogP contribution is 2.33. The van der Waals surface area contributed by atoms with Crippen LogP contribution in [-0.2, 0) is 0 Å². The van der Waals surface area contributed by atoms with Crippen LogP contribution >= 0.6 is 0 Å². The minimum absolute atomic E-state index is 0.168. The lowest BCUT2D eigenvalue weighted by Crippen LogP contribution is -2.23. The largest absolute Gasteiger partial charge is 0.493 e. The lowest BCUT2D eigenvalue weighted by atomic mass is 10.0. The van der Waals surface area contributed by atoms with Crippen molar-refractivity contribution < 1.29 is 14.3 Å². The van der Waals surface area contributed by atoms with E-state index in [0.29, 0.717) is 22.8 Å². The number of nitrogens with one attached hydrogen (secondary N) is 1. The first-order chi connectivity index (χ1) is 12.7. The molecule has 5 heteroatoms. The number of methoxy groups -OCH3 is 2. The van der Waals surface area contributed by atoms with Gasteiger partial charge in [-0.05, 0) is 30.3 Å². The standard InChI is InChI=1S/C21H18N2O3/c1-4-11-22-21(24)16-13-18(23-17-8-6-5-7-15(16)17)14-9-10-19(25-2)20(12-14)26-3/h1,5-10,12-13H,11H2,2-3H3,(H,22,24). The molecule has 0 unspecified atom stereocenters. The minimum Gasteiger partial charge on any atom is -0.493 e. The fraction of sp³-hybridized carbons (Fsp3) is 0.143. The third kappa shape index (κ3) is 3.31. The van der Waals surface area contributed by atoms with Gasteiger partial charge in [0.15, 0.2) is 11.5 Å². The number of ether oxygens (including phenoxy) is 2. The van der Waals surface area contributed by atoms with Gasteiger partial charge in [-0.15, -0.1) is 6.42 Å². The van der Waals surface area contributed by atoms with Gasteiger partial charge in [-0.1, -0.05) is 24.1 Å². The van der Waals surface area contributed by atoms with E-state index in [0.717, 1.165) is 16.5 Å². The maximum absolute atomic E-state index is 12.5. The Morgan fingerprint density at radius 1 is 1.12 bits per heavy atom. The third-order valence-corrected chi connectivity index (χ3v) is 3.99. The third-order valence-electron chi connectivity index (χ3n) is 3.99. The van der Waals surface area contributed by atoms with Gasteiger partial charge in [0.05, 0.1) is 37.5 Å². The summed E-state index contributed by atoms with van der Waals surface area (Å²) in [5.41, 5.74) is 2.73. The molecule has 26 heavy (non-hydrogen) atoms. The Labute approximate surface area is 152 Å². The number of terminal acetylenes is 1. The summed E-state index contributed by atoms with van der Waals surface area (Å²) >= 11 is 0. The van der Waals surface area contributed by atoms with E-state index in [4.69, 9.17) is 15.9 Å². The Kier molecular flexibility index (Phi) is 5.04. The molecular weight excluding hydrogens is 328 g/mol. The Morgan fingerprint density at radius 2 is 1.88 bits per heavy atom. The fourth-order valence-electron chi connectivity index (χ4n) is 2.73. The molecule has 1 aromatic heterocycles. The number of fused-ring (bicyclic) bond motifs is 1. The molecule has 0 radical (unpaired) electrons. The van der Waals surface area contributed by atoms with Crippen LogP contribution in [0.15, 0.2) is 48.5 Å². The summed E-state index contributed by atoms with van der Waals surface area (Å²) in [7, 11) is 3.16. The van der Waals surface area contributed by atoms with Gasteiger partial charge in [-0.25, -0.2) is 4.98 Å². The molecule has 0 spiro atoms. The Morgan fingerprint density at radius 3 is 2.62 bits per heavy atom. The van der Waals surface area contributed by atoms with Crippen molar-refractivity contribution in [1.82, 2.24) is 10.3 Å². The van der Waals surface area contributed by atoms with Gasteiger partial charge in [0.1, 0.15) is 0 Å². The second-order valence-electron chi connectivity index (χ2n) is 5.53. The molecule has 3 rings (SSSR count). The number of pyridine rings is 1. The molecule has 5 nitrogen and oxygen atoms in total. The van der Waals surface area contributed by atoms with Crippen LogP contribution in [0.4, 0.5) is 0 Å². The maximum Gasteiger partial charge on any atom is 0.252 e. The highest BCUT2D eigenvalue weighted by atomic mass is 16.5. The van der Waals surface area contributed by atoms with Crippen LogP contribution in [0.5, 0.6) is 11.5 Å². The van der Waals surface area contributed by atoms with Crippen LogP contribution in [0.2, 0.25) is 0 Å². The zero-order valence-corrected chi connectivity index (χ0v) is 14.6. The van der Waals surface area contributed by atoms with E-state index >= 15 is 0 Å². The van der Waals surface area contributed by atoms with Gasteiger partial charge in [-0.3, -0.25) is 4.79 Å². The van der Waals surface area contributed by atoms with E-state index in [9.17, 15) is 4.79 Å². The van der Waals surface area contributed by atoms with Crippen molar-refractivity contribution in [3.05, 3.63) is 54.1 Å². The van der Waals surface area contributed by atoms with Gasteiger partial charge >= 0.3 is 0 Å². The molecule has 0 saturated carbocycles. The lowest BCUT2D eigenvalue weighted by molar-refractivity contribution is 0.0960. The minimum atomic E-state index is -0.233. The van der Waals surface area contributed by atoms with Crippen molar-refractivity contribution in [2.75, 3.05) is 20.8 Å². The van der Waals surface area contributed by atoms with Crippen LogP contribution in [0, 0.1) is 12.3 Å². The number of carbonyl (C=O) groups is 1. The highest BCUT2D eigenvalue weighted by molar-refractivity contribution is 6.07. The summed E-state index contributed by atoms with van der Waals surface area (Å²) in [6, 6.07) is 14.8. The van der Waals surface area contributed by atoms with E-state index < -0.39 is 0 Å². The number of aromatic nitrogens is 1. The number of para-hydroxylation sites is 1. The average Bonchev–Trinajstić information content (AvgIpc) is 2.70. The maximum atomic E-state index is 12.5. The molecule has 1 amide bonds. The molecule has 3 aromatic rings. The van der Waals surface area contributed by atoms with Crippen molar-refractivity contribution in [3.8, 4) is 35.1 Å². The van der Waals surface area contributed by atoms with Crippen LogP contribution < -0.4 is 14.8 Å². The molecule has 0 fully saturated rings. The first-order valence-electron chi connectivity index (χ1n) is 8.01. The summed E-state index contributed by atoms with van der Waals surface area (Å²) in [4.78, 5) is 17.2. The zero-order chi connectivity index (χ0) is 18.5. The van der Waals surface area contributed by atoms with Crippen molar-refractivity contribution in [1.29, 1.82) is 0 Å². The molecule has 0 aliphatic carbocycles. The van der Waals surface area contributed by atoms with E-state index in [1.807, 2.05) is 42.5 Å². The number of benzene rings is 2. The summed E-state index contributed by atoms with van der Waals surface area (Å²) < 4.78 is 10.6. The molecule has 2 aromatic carbocycles. The summed E-state index contributed by atoms with van der Waals surface area (Å²) in [6.07, 6.45) is 5.24. The van der Waals surface area contributed by atoms with Gasteiger partial charge < -0.3 is 14.8 Å². The first-order valence-corrected chi connectivity index (χ1v) is 8.01. The topological polar surface area (TPSA) is 60.5 Å². The highest BCUT2D eigenvalue weighted by Gasteiger charge is 2.14. The number of rotatable bonds is 5. The normalized spacial score (nSPS) is 10.2. The van der Waals surface area contributed by atoms with E-state index in [-0.39, 0.29) is 12.5 Å². The number of amides is 1. The van der Waals surface area contributed by atoms with Crippen molar-refractivity contribution in [2.45, 2.75) is 0 Å². The average molecular weight is 346 g/mol. The molecule has 1 N–H and O–H groups in total. The van der Waals surface area contributed by atoms with E-state index in [2.05, 4.69) is 16.2 Å². The predicted octanol–water partition coefficient (Wildman–Crippen LogP) is 3.28. The monoisotopic (exact) mass is 346 g/mol. The van der Waals surface area contributed by atoms with Crippen LogP contribution in [0.3, 0.4) is 0 Å². The van der Waals surface area contributed by atoms with Gasteiger partial charge in [0, 0.05) is 10.9 Å². The molecule has 1 heterocycles. The molecule has 130 valence electrons. The second kappa shape index (κ2) is 7.58. The summed E-state index contributed by atoms with van der Waals surface area (Å²) in [5, 5.41) is 3.48. The lowest BCUT2D eigenvalue weighted by Gasteiger charge is -2.12. The van der Waals surface area contributed by atoms with Crippen LogP contribution in [0.1, 0.15) is 10.4 Å². The SMILES string of the molecule is C#CCNC(=O)c1cc(-c2ccc(OC)c(OC)c2)nc2ccccc12. The van der Waals surface area contributed by atoms with Gasteiger partial charge in [-0.2, -0.15) is 0 Å². The smallest absolute Gasteiger partial charge is 0.252 e. The quantitative estimate of drug-likeness (QED) is 0.720. The number of carbonyl (C=O) groups excluding carboxylic acids is 1. The van der Waals surface area contributed by atoms with Crippen molar-refractivity contribution >= 4 is 16.8 Å². The number of hydrogen-bond donors (Lipinski definition) is 1. The first kappa shape index (κ1) is 17.3. The molecule has 0 atom stereocenters. The van der Waals surface area contributed by atoms with E-state index in [1.165, 1.54) is 0 Å². The second-order valence-corrected chi connectivity index (χ2v) is 5.53. The van der Waals surface area contributed by atoms with E-state index in [1.54, 1.807) is 20.3 Å². The van der Waals surface area contributed by atoms with Crippen LogP contribution in [0.25, 0.3) is 22.2 Å². The van der Waals surface area contributed by atoms with Crippen molar-refractivity contribution in [2.24, 2.45) is 0 Å². The molecule has 0 bridgehead atoms. The van der Waals surface area contributed by atoms with Crippen LogP contribution in [-0.4, -0.2) is 31.7 Å². The predicted molar refractivity (Wildman–Crippen MR) is 101 cm³/mol. The Bertz CT molecular complexity index is 1010. The molecular formula is C21H18N2O3. The van der Waals surface area contributed by atoms with Crippen molar-refractivity contribution in [3.63, 3.8) is 0 Å². The molecule has 0 aliphatic rings. The Hall–Kier alpha value is -3.52. The zero-order valence-electron chi connectivity index (χ0n) is 14.6. The number of hydrogen-bond acceptors (Lipinski definition) is 4. The van der Waals surface area contributed by atoms with Gasteiger partial charge in [0.2, 0.25) is 0 Å². The summed E-state index contributed by atoms with van der Waals surface area (Å²) in [5.74, 6) is 3.40.